The molecule has 23 heavy (non-hydrogen) atoms. The highest BCUT2D eigenvalue weighted by Crippen LogP contribution is 2.34. The zero-order chi connectivity index (χ0) is 16.6. The first-order valence-electron chi connectivity index (χ1n) is 7.45. The van der Waals surface area contributed by atoms with Gasteiger partial charge in [0, 0.05) is 12.0 Å². The maximum Gasteiger partial charge on any atom is 0.287 e. The van der Waals surface area contributed by atoms with Gasteiger partial charge in [0.25, 0.3) is 5.56 Å². The fourth-order valence-corrected chi connectivity index (χ4v) is 2.95. The summed E-state index contributed by atoms with van der Waals surface area (Å²) in [6.07, 6.45) is 1.00. The standard InChI is InChI=1S/C18H17N3O2/c1-18(2)9-15-14(16(22)10-18)8-12(11-19)17(23)21(15)20-13-6-4-3-5-7-13/h3-8,20H,9-10H2,1-2H3. The minimum atomic E-state index is -0.430. The molecule has 0 radical (unpaired) electrons. The number of ketones is 1. The molecule has 5 nitrogen and oxygen atoms in total. The van der Waals surface area contributed by atoms with Crippen LogP contribution in [0.5, 0.6) is 0 Å². The third kappa shape index (κ3) is 2.76. The molecule has 1 aromatic heterocycles. The third-order valence-corrected chi connectivity index (χ3v) is 4.02. The van der Waals surface area contributed by atoms with Crippen molar-refractivity contribution in [3.8, 4) is 6.07 Å². The largest absolute Gasteiger partial charge is 0.294 e. The highest BCUT2D eigenvalue weighted by molar-refractivity contribution is 5.99. The van der Waals surface area contributed by atoms with Crippen molar-refractivity contribution in [2.75, 3.05) is 5.43 Å². The van der Waals surface area contributed by atoms with Gasteiger partial charge in [-0.2, -0.15) is 5.26 Å². The number of rotatable bonds is 2. The van der Waals surface area contributed by atoms with Crippen molar-refractivity contribution in [1.82, 2.24) is 4.68 Å². The van der Waals surface area contributed by atoms with Gasteiger partial charge in [-0.05, 0) is 30.0 Å². The number of Topliss-reactive ketones (excluding diaryl/α,β-unsaturated/α-hetero) is 1. The van der Waals surface area contributed by atoms with Gasteiger partial charge in [-0.1, -0.05) is 32.0 Å². The second-order valence-corrected chi connectivity index (χ2v) is 6.59. The lowest BCUT2D eigenvalue weighted by Gasteiger charge is -2.32. The van der Waals surface area contributed by atoms with Crippen molar-refractivity contribution in [3.63, 3.8) is 0 Å². The average molecular weight is 307 g/mol. The molecule has 1 N–H and O–H groups in total. The fraction of sp³-hybridized carbons (Fsp3) is 0.278. The van der Waals surface area contributed by atoms with Gasteiger partial charge < -0.3 is 0 Å². The number of nitriles is 1. The molecule has 0 bridgehead atoms. The van der Waals surface area contributed by atoms with Crippen molar-refractivity contribution in [2.45, 2.75) is 26.7 Å². The Hall–Kier alpha value is -2.87. The zero-order valence-electron chi connectivity index (χ0n) is 13.1. The van der Waals surface area contributed by atoms with E-state index in [1.54, 1.807) is 0 Å². The first-order valence-corrected chi connectivity index (χ1v) is 7.45. The molecular formula is C18H17N3O2. The minimum absolute atomic E-state index is 0.0276. The van der Waals surface area contributed by atoms with Gasteiger partial charge in [0.05, 0.1) is 11.4 Å². The predicted molar refractivity (Wildman–Crippen MR) is 87.3 cm³/mol. The van der Waals surface area contributed by atoms with Crippen LogP contribution in [0.25, 0.3) is 0 Å². The molecule has 0 saturated carbocycles. The van der Waals surface area contributed by atoms with E-state index in [0.29, 0.717) is 24.1 Å². The van der Waals surface area contributed by atoms with Crippen LogP contribution >= 0.6 is 0 Å². The Morgan fingerprint density at radius 2 is 1.87 bits per heavy atom. The van der Waals surface area contributed by atoms with Gasteiger partial charge in [0.2, 0.25) is 0 Å². The molecule has 2 aromatic rings. The van der Waals surface area contributed by atoms with E-state index in [1.807, 2.05) is 50.2 Å². The Morgan fingerprint density at radius 3 is 2.52 bits per heavy atom. The van der Waals surface area contributed by atoms with Crippen molar-refractivity contribution in [2.24, 2.45) is 5.41 Å². The van der Waals surface area contributed by atoms with E-state index in [4.69, 9.17) is 0 Å². The Morgan fingerprint density at radius 1 is 1.17 bits per heavy atom. The lowest BCUT2D eigenvalue weighted by molar-refractivity contribution is 0.0908. The number of nitrogens with zero attached hydrogens (tertiary/aromatic N) is 2. The lowest BCUT2D eigenvalue weighted by atomic mass is 9.75. The van der Waals surface area contributed by atoms with Gasteiger partial charge >= 0.3 is 0 Å². The Labute approximate surface area is 134 Å². The number of aromatic nitrogens is 1. The van der Waals surface area contributed by atoms with Crippen LogP contribution < -0.4 is 11.0 Å². The number of nitrogens with one attached hydrogen (secondary N) is 1. The first kappa shape index (κ1) is 15.0. The van der Waals surface area contributed by atoms with Gasteiger partial charge in [0.1, 0.15) is 11.6 Å². The molecule has 3 rings (SSSR count). The molecule has 1 aromatic carbocycles. The van der Waals surface area contributed by atoms with E-state index in [-0.39, 0.29) is 16.8 Å². The van der Waals surface area contributed by atoms with Crippen molar-refractivity contribution < 1.29 is 4.79 Å². The summed E-state index contributed by atoms with van der Waals surface area (Å²) in [4.78, 5) is 25.0. The first-order chi connectivity index (χ1) is 10.9. The highest BCUT2D eigenvalue weighted by Gasteiger charge is 2.34. The summed E-state index contributed by atoms with van der Waals surface area (Å²) in [5.74, 6) is -0.0311. The zero-order valence-corrected chi connectivity index (χ0v) is 13.1. The molecule has 0 saturated heterocycles. The molecule has 0 spiro atoms. The smallest absolute Gasteiger partial charge is 0.287 e. The van der Waals surface area contributed by atoms with Crippen LogP contribution in [-0.4, -0.2) is 10.5 Å². The van der Waals surface area contributed by atoms with Gasteiger partial charge in [0.15, 0.2) is 5.78 Å². The van der Waals surface area contributed by atoms with E-state index in [9.17, 15) is 14.9 Å². The molecule has 0 amide bonds. The molecule has 0 fully saturated rings. The van der Waals surface area contributed by atoms with Crippen LogP contribution in [0.2, 0.25) is 0 Å². The van der Waals surface area contributed by atoms with E-state index in [1.165, 1.54) is 10.7 Å². The quantitative estimate of drug-likeness (QED) is 0.925. The monoisotopic (exact) mass is 307 g/mol. The van der Waals surface area contributed by atoms with Crippen molar-refractivity contribution in [1.29, 1.82) is 5.26 Å². The molecule has 0 aliphatic heterocycles. The SMILES string of the molecule is CC1(C)CC(=O)c2cc(C#N)c(=O)n(Nc3ccccc3)c2C1. The van der Waals surface area contributed by atoms with E-state index < -0.39 is 5.56 Å². The van der Waals surface area contributed by atoms with Crippen molar-refractivity contribution >= 4 is 11.5 Å². The minimum Gasteiger partial charge on any atom is -0.294 e. The van der Waals surface area contributed by atoms with Gasteiger partial charge in [-0.25, -0.2) is 4.68 Å². The van der Waals surface area contributed by atoms with Crippen LogP contribution in [0.15, 0.2) is 41.2 Å². The van der Waals surface area contributed by atoms with Crippen LogP contribution in [0.3, 0.4) is 0 Å². The molecule has 5 heteroatoms. The number of carbonyl (C=O) groups excluding carboxylic acids is 1. The second kappa shape index (κ2) is 5.40. The number of pyridine rings is 1. The fourth-order valence-electron chi connectivity index (χ4n) is 2.95. The van der Waals surface area contributed by atoms with Gasteiger partial charge in [-0.15, -0.1) is 0 Å². The Bertz CT molecular complexity index is 874. The summed E-state index contributed by atoms with van der Waals surface area (Å²) in [6.45, 7) is 4.01. The Kier molecular flexibility index (Phi) is 3.53. The molecule has 1 aliphatic rings. The number of fused-ring (bicyclic) bond motifs is 1. The van der Waals surface area contributed by atoms with Crippen LogP contribution in [0, 0.1) is 16.7 Å². The highest BCUT2D eigenvalue weighted by atomic mass is 16.1. The third-order valence-electron chi connectivity index (χ3n) is 4.02. The van der Waals surface area contributed by atoms with Crippen molar-refractivity contribution in [3.05, 3.63) is 63.6 Å². The summed E-state index contributed by atoms with van der Waals surface area (Å²) < 4.78 is 1.35. The number of hydrogen-bond acceptors (Lipinski definition) is 4. The Balaban J connectivity index is 2.22. The summed E-state index contributed by atoms with van der Waals surface area (Å²) in [7, 11) is 0. The van der Waals surface area contributed by atoms with E-state index >= 15 is 0 Å². The number of carbonyl (C=O) groups is 1. The lowest BCUT2D eigenvalue weighted by Crippen LogP contribution is -2.38. The maximum absolute atomic E-state index is 12.6. The number of benzene rings is 1. The van der Waals surface area contributed by atoms with E-state index in [2.05, 4.69) is 5.43 Å². The summed E-state index contributed by atoms with van der Waals surface area (Å²) in [6, 6.07) is 12.5. The molecular weight excluding hydrogens is 290 g/mol. The average Bonchev–Trinajstić information content (AvgIpc) is 2.50. The number of hydrogen-bond donors (Lipinski definition) is 1. The van der Waals surface area contributed by atoms with Crippen LogP contribution in [0.4, 0.5) is 5.69 Å². The molecule has 116 valence electrons. The topological polar surface area (TPSA) is 74.9 Å². The molecule has 1 heterocycles. The maximum atomic E-state index is 12.6. The predicted octanol–water partition coefficient (Wildman–Crippen LogP) is 2.75. The van der Waals surface area contributed by atoms with Gasteiger partial charge in [-0.3, -0.25) is 15.0 Å². The van der Waals surface area contributed by atoms with Crippen LogP contribution in [0.1, 0.15) is 41.9 Å². The second-order valence-electron chi connectivity index (χ2n) is 6.59. The molecule has 0 atom stereocenters. The normalized spacial score (nSPS) is 15.6. The summed E-state index contributed by atoms with van der Waals surface area (Å²) in [5.41, 5.74) is 4.18. The summed E-state index contributed by atoms with van der Waals surface area (Å²) in [5, 5.41) is 9.20. The van der Waals surface area contributed by atoms with Crippen LogP contribution in [-0.2, 0) is 6.42 Å². The number of anilines is 1. The number of para-hydroxylation sites is 1. The van der Waals surface area contributed by atoms with E-state index in [0.717, 1.165) is 5.69 Å². The molecule has 0 unspecified atom stereocenters. The summed E-state index contributed by atoms with van der Waals surface area (Å²) >= 11 is 0. The molecule has 1 aliphatic carbocycles.